The van der Waals surface area contributed by atoms with Gasteiger partial charge in [-0.15, -0.1) is 0 Å². The van der Waals surface area contributed by atoms with Gasteiger partial charge in [0.1, 0.15) is 11.2 Å². The molecule has 1 aliphatic rings. The Morgan fingerprint density at radius 3 is 2.70 bits per heavy atom. The number of morpholine rings is 1. The predicted molar refractivity (Wildman–Crippen MR) is 144 cm³/mol. The average molecular weight is 538 g/mol. The summed E-state index contributed by atoms with van der Waals surface area (Å²) in [4.78, 5) is 30.3. The molecule has 1 amide bonds. The van der Waals surface area contributed by atoms with E-state index in [0.29, 0.717) is 65.3 Å². The smallest absolute Gasteiger partial charge is 0.293 e. The first-order chi connectivity index (χ1) is 17.9. The van der Waals surface area contributed by atoms with Crippen LogP contribution in [0.3, 0.4) is 0 Å². The summed E-state index contributed by atoms with van der Waals surface area (Å²) in [7, 11) is 0. The fourth-order valence-corrected chi connectivity index (χ4v) is 4.35. The van der Waals surface area contributed by atoms with Gasteiger partial charge < -0.3 is 19.4 Å². The Kier molecular flexibility index (Phi) is 6.99. The molecule has 0 saturated carbocycles. The molecule has 0 unspecified atom stereocenters. The standard InChI is InChI=1S/C25H20ClN5O5S/c26-17-5-7-22-19(14-17)28-24(36-22)16-2-1-3-18(12-16)27-25(37)29-23(32)15-4-6-20(21(13-15)31(33)34)30-8-10-35-11-9-30/h1-7,12-14H,8-11H2,(H2,27,29,32,37). The first kappa shape index (κ1) is 24.6. The van der Waals surface area contributed by atoms with E-state index in [1.165, 1.54) is 12.1 Å². The predicted octanol–water partition coefficient (Wildman–Crippen LogP) is 5.02. The summed E-state index contributed by atoms with van der Waals surface area (Å²) in [6.07, 6.45) is 0. The van der Waals surface area contributed by atoms with E-state index in [2.05, 4.69) is 15.6 Å². The highest BCUT2D eigenvalue weighted by molar-refractivity contribution is 7.80. The van der Waals surface area contributed by atoms with E-state index in [1.54, 1.807) is 42.5 Å². The zero-order valence-electron chi connectivity index (χ0n) is 19.3. The molecule has 1 saturated heterocycles. The molecule has 1 fully saturated rings. The number of nitro groups is 1. The molecular formula is C25H20ClN5O5S. The minimum Gasteiger partial charge on any atom is -0.436 e. The number of carbonyl (C=O) groups is 1. The molecular weight excluding hydrogens is 518 g/mol. The van der Waals surface area contributed by atoms with Gasteiger partial charge in [-0.2, -0.15) is 0 Å². The van der Waals surface area contributed by atoms with Crippen molar-refractivity contribution in [2.24, 2.45) is 0 Å². The number of rotatable bonds is 5. The van der Waals surface area contributed by atoms with E-state index in [4.69, 9.17) is 33.0 Å². The minimum absolute atomic E-state index is 0.0337. The number of aromatic nitrogens is 1. The van der Waals surface area contributed by atoms with Gasteiger partial charge in [-0.3, -0.25) is 20.2 Å². The number of nitrogens with one attached hydrogen (secondary N) is 2. The fraction of sp³-hybridized carbons (Fsp3) is 0.160. The van der Waals surface area contributed by atoms with Crippen molar-refractivity contribution in [3.8, 4) is 11.5 Å². The normalized spacial score (nSPS) is 13.4. The second-order valence-corrected chi connectivity index (χ2v) is 9.02. The van der Waals surface area contributed by atoms with E-state index in [-0.39, 0.29) is 16.4 Å². The molecule has 0 bridgehead atoms. The highest BCUT2D eigenvalue weighted by atomic mass is 35.5. The van der Waals surface area contributed by atoms with E-state index >= 15 is 0 Å². The molecule has 1 aliphatic heterocycles. The van der Waals surface area contributed by atoms with E-state index < -0.39 is 10.8 Å². The Morgan fingerprint density at radius 1 is 1.11 bits per heavy atom. The van der Waals surface area contributed by atoms with Gasteiger partial charge in [0.2, 0.25) is 5.89 Å². The second-order valence-electron chi connectivity index (χ2n) is 8.18. The van der Waals surface area contributed by atoms with Crippen LogP contribution < -0.4 is 15.5 Å². The largest absolute Gasteiger partial charge is 0.436 e. The van der Waals surface area contributed by atoms with Crippen LogP contribution in [0.2, 0.25) is 5.02 Å². The van der Waals surface area contributed by atoms with Crippen molar-refractivity contribution in [3.63, 3.8) is 0 Å². The van der Waals surface area contributed by atoms with Crippen molar-refractivity contribution in [1.29, 1.82) is 0 Å². The third-order valence-corrected chi connectivity index (χ3v) is 6.17. The molecule has 0 atom stereocenters. The fourth-order valence-electron chi connectivity index (χ4n) is 3.97. The van der Waals surface area contributed by atoms with Crippen molar-refractivity contribution >= 4 is 63.0 Å². The average Bonchev–Trinajstić information content (AvgIpc) is 3.32. The van der Waals surface area contributed by atoms with Crippen molar-refractivity contribution < 1.29 is 18.9 Å². The van der Waals surface area contributed by atoms with Crippen LogP contribution in [-0.2, 0) is 4.74 Å². The van der Waals surface area contributed by atoms with Gasteiger partial charge in [-0.25, -0.2) is 4.98 Å². The molecule has 5 rings (SSSR count). The Balaban J connectivity index is 1.28. The first-order valence-electron chi connectivity index (χ1n) is 11.3. The lowest BCUT2D eigenvalue weighted by Crippen LogP contribution is -2.37. The number of carbonyl (C=O) groups excluding carboxylic acids is 1. The van der Waals surface area contributed by atoms with Gasteiger partial charge in [0.05, 0.1) is 18.1 Å². The lowest BCUT2D eigenvalue weighted by Gasteiger charge is -2.28. The van der Waals surface area contributed by atoms with Gasteiger partial charge in [-0.1, -0.05) is 17.7 Å². The molecule has 2 N–H and O–H groups in total. The number of fused-ring (bicyclic) bond motifs is 1. The number of anilines is 2. The number of benzene rings is 3. The van der Waals surface area contributed by atoms with Crippen molar-refractivity contribution in [1.82, 2.24) is 10.3 Å². The summed E-state index contributed by atoms with van der Waals surface area (Å²) >= 11 is 11.3. The molecule has 12 heteroatoms. The number of hydrogen-bond acceptors (Lipinski definition) is 8. The molecule has 10 nitrogen and oxygen atoms in total. The number of nitro benzene ring substituents is 1. The quantitative estimate of drug-likeness (QED) is 0.205. The third kappa shape index (κ3) is 5.53. The lowest BCUT2D eigenvalue weighted by molar-refractivity contribution is -0.384. The lowest BCUT2D eigenvalue weighted by atomic mass is 10.1. The van der Waals surface area contributed by atoms with E-state index in [9.17, 15) is 14.9 Å². The third-order valence-electron chi connectivity index (χ3n) is 5.73. The molecule has 0 spiro atoms. The molecule has 2 heterocycles. The Morgan fingerprint density at radius 2 is 1.92 bits per heavy atom. The summed E-state index contributed by atoms with van der Waals surface area (Å²) in [5, 5.41) is 17.8. The van der Waals surface area contributed by atoms with E-state index in [0.717, 1.165) is 0 Å². The monoisotopic (exact) mass is 537 g/mol. The Labute approximate surface area is 221 Å². The van der Waals surface area contributed by atoms with Crippen LogP contribution in [0, 0.1) is 10.1 Å². The second kappa shape index (κ2) is 10.5. The van der Waals surface area contributed by atoms with Crippen molar-refractivity contribution in [2.75, 3.05) is 36.5 Å². The van der Waals surface area contributed by atoms with Crippen LogP contribution in [0.15, 0.2) is 65.1 Å². The van der Waals surface area contributed by atoms with Crippen LogP contribution in [-0.4, -0.2) is 47.2 Å². The molecule has 3 aromatic carbocycles. The zero-order valence-corrected chi connectivity index (χ0v) is 20.8. The Bertz CT molecular complexity index is 1520. The van der Waals surface area contributed by atoms with Gasteiger partial charge in [0, 0.05) is 41.0 Å². The number of amides is 1. The number of nitrogens with zero attached hydrogens (tertiary/aromatic N) is 3. The molecule has 188 valence electrons. The molecule has 0 aliphatic carbocycles. The minimum atomic E-state index is -0.568. The Hall–Kier alpha value is -4.06. The van der Waals surface area contributed by atoms with Gasteiger partial charge in [-0.05, 0) is 60.7 Å². The summed E-state index contributed by atoms with van der Waals surface area (Å²) in [6.45, 7) is 2.05. The van der Waals surface area contributed by atoms with Gasteiger partial charge in [0.25, 0.3) is 11.6 Å². The maximum Gasteiger partial charge on any atom is 0.293 e. The van der Waals surface area contributed by atoms with Crippen LogP contribution in [0.5, 0.6) is 0 Å². The topological polar surface area (TPSA) is 123 Å². The maximum absolute atomic E-state index is 12.8. The van der Waals surface area contributed by atoms with Gasteiger partial charge >= 0.3 is 0 Å². The molecule has 1 aromatic heterocycles. The maximum atomic E-state index is 12.8. The summed E-state index contributed by atoms with van der Waals surface area (Å²) in [5.74, 6) is -0.162. The number of ether oxygens (including phenoxy) is 1. The summed E-state index contributed by atoms with van der Waals surface area (Å²) in [6, 6.07) is 16.7. The summed E-state index contributed by atoms with van der Waals surface area (Å²) in [5.41, 5.74) is 2.94. The van der Waals surface area contributed by atoms with Crippen molar-refractivity contribution in [3.05, 3.63) is 81.4 Å². The highest BCUT2D eigenvalue weighted by Gasteiger charge is 2.23. The van der Waals surface area contributed by atoms with Crippen molar-refractivity contribution in [2.45, 2.75) is 0 Å². The number of oxazole rings is 1. The van der Waals surface area contributed by atoms with E-state index in [1.807, 2.05) is 11.0 Å². The van der Waals surface area contributed by atoms with Gasteiger partial charge in [0.15, 0.2) is 10.7 Å². The van der Waals surface area contributed by atoms with Crippen LogP contribution in [0.25, 0.3) is 22.6 Å². The summed E-state index contributed by atoms with van der Waals surface area (Å²) < 4.78 is 11.1. The zero-order chi connectivity index (χ0) is 25.9. The number of thiocarbonyl (C=S) groups is 1. The molecule has 37 heavy (non-hydrogen) atoms. The number of hydrogen-bond donors (Lipinski definition) is 2. The number of halogens is 1. The molecule has 0 radical (unpaired) electrons. The van der Waals surface area contributed by atoms with Crippen LogP contribution in [0.1, 0.15) is 10.4 Å². The highest BCUT2D eigenvalue weighted by Crippen LogP contribution is 2.30. The molecule has 4 aromatic rings. The van der Waals surface area contributed by atoms with Crippen LogP contribution >= 0.6 is 23.8 Å². The SMILES string of the molecule is O=C(NC(=S)Nc1cccc(-c2nc3cc(Cl)ccc3o2)c1)c1ccc(N2CCOCC2)c([N+](=O)[O-])c1. The first-order valence-corrected chi connectivity index (χ1v) is 12.1. The van der Waals surface area contributed by atoms with Crippen LogP contribution in [0.4, 0.5) is 17.1 Å².